The zero-order valence-electron chi connectivity index (χ0n) is 11.2. The lowest BCUT2D eigenvalue weighted by Crippen LogP contribution is -2.48. The average molecular weight is 308 g/mol. The minimum absolute atomic E-state index is 0.155. The van der Waals surface area contributed by atoms with Gasteiger partial charge < -0.3 is 14.6 Å². The molecule has 2 fully saturated rings. The fraction of sp³-hybridized carbons (Fsp3) is 0.909. The van der Waals surface area contributed by atoms with Crippen molar-refractivity contribution in [3.63, 3.8) is 0 Å². The van der Waals surface area contributed by atoms with E-state index in [9.17, 15) is 13.2 Å². The Hall–Kier alpha value is -0.900. The van der Waals surface area contributed by atoms with Gasteiger partial charge >= 0.3 is 16.3 Å². The molecule has 2 atom stereocenters. The lowest BCUT2D eigenvalue weighted by atomic mass is 10.2. The molecular formula is C11H20N2O6S. The number of ether oxygens (including phenoxy) is 2. The van der Waals surface area contributed by atoms with Gasteiger partial charge in [0.25, 0.3) is 0 Å². The van der Waals surface area contributed by atoms with Crippen LogP contribution >= 0.6 is 0 Å². The van der Waals surface area contributed by atoms with Crippen molar-refractivity contribution in [1.29, 1.82) is 0 Å². The van der Waals surface area contributed by atoms with E-state index in [1.54, 1.807) is 4.72 Å². The molecule has 0 bridgehead atoms. The zero-order chi connectivity index (χ0) is 14.6. The van der Waals surface area contributed by atoms with Crippen LogP contribution in [0.25, 0.3) is 0 Å². The summed E-state index contributed by atoms with van der Waals surface area (Å²) in [5.74, 6) is 0. The smallest absolute Gasteiger partial charge is 0.419 e. The molecule has 0 aromatic carbocycles. The van der Waals surface area contributed by atoms with Gasteiger partial charge in [-0.2, -0.15) is 12.7 Å². The molecule has 8 nitrogen and oxygen atoms in total. The molecular weight excluding hydrogens is 288 g/mol. The number of carboxylic acid groups (broad SMARTS) is 1. The van der Waals surface area contributed by atoms with E-state index in [0.717, 1.165) is 30.0 Å². The van der Waals surface area contributed by atoms with Gasteiger partial charge in [-0.25, -0.2) is 9.52 Å². The van der Waals surface area contributed by atoms with Gasteiger partial charge in [0.2, 0.25) is 0 Å². The highest BCUT2D eigenvalue weighted by molar-refractivity contribution is 7.87. The second-order valence-corrected chi connectivity index (χ2v) is 6.67. The highest BCUT2D eigenvalue weighted by Crippen LogP contribution is 2.18. The van der Waals surface area contributed by atoms with Gasteiger partial charge in [-0.05, 0) is 25.7 Å². The molecule has 0 spiro atoms. The van der Waals surface area contributed by atoms with Crippen LogP contribution in [-0.2, 0) is 19.7 Å². The summed E-state index contributed by atoms with van der Waals surface area (Å²) >= 11 is 0. The monoisotopic (exact) mass is 308 g/mol. The minimum atomic E-state index is -4.07. The summed E-state index contributed by atoms with van der Waals surface area (Å²) in [7, 11) is -4.07. The Morgan fingerprint density at radius 2 is 1.65 bits per heavy atom. The second-order valence-electron chi connectivity index (χ2n) is 5.00. The number of hydrogen-bond donors (Lipinski definition) is 2. The molecule has 2 heterocycles. The van der Waals surface area contributed by atoms with Crippen LogP contribution in [0.2, 0.25) is 0 Å². The third kappa shape index (κ3) is 4.30. The molecule has 2 saturated heterocycles. The fourth-order valence-electron chi connectivity index (χ4n) is 2.48. The van der Waals surface area contributed by atoms with Crippen molar-refractivity contribution in [2.75, 3.05) is 26.3 Å². The van der Waals surface area contributed by atoms with Crippen LogP contribution in [-0.4, -0.2) is 62.4 Å². The van der Waals surface area contributed by atoms with E-state index in [-0.39, 0.29) is 25.3 Å². The van der Waals surface area contributed by atoms with Gasteiger partial charge in [-0.3, -0.25) is 0 Å². The average Bonchev–Trinajstić information content (AvgIpc) is 2.98. The Kier molecular flexibility index (Phi) is 5.19. The molecule has 2 aliphatic rings. The minimum Gasteiger partial charge on any atom is -0.464 e. The first-order chi connectivity index (χ1) is 9.47. The predicted octanol–water partition coefficient (Wildman–Crippen LogP) is 0.159. The van der Waals surface area contributed by atoms with Gasteiger partial charge in [0.05, 0.1) is 12.2 Å². The van der Waals surface area contributed by atoms with Crippen LogP contribution in [0.15, 0.2) is 0 Å². The second kappa shape index (κ2) is 6.70. The van der Waals surface area contributed by atoms with E-state index >= 15 is 0 Å². The van der Waals surface area contributed by atoms with Gasteiger partial charge in [0.15, 0.2) is 0 Å². The predicted molar refractivity (Wildman–Crippen MR) is 69.6 cm³/mol. The molecule has 2 rings (SSSR count). The molecule has 0 radical (unpaired) electrons. The Labute approximate surface area is 118 Å². The number of nitrogens with one attached hydrogen (secondary N) is 1. The summed E-state index contributed by atoms with van der Waals surface area (Å²) in [4.78, 5) is 10.6. The van der Waals surface area contributed by atoms with Crippen LogP contribution in [0.3, 0.4) is 0 Å². The van der Waals surface area contributed by atoms with Crippen LogP contribution < -0.4 is 4.72 Å². The summed E-state index contributed by atoms with van der Waals surface area (Å²) in [6.07, 6.45) is 1.41. The molecule has 20 heavy (non-hydrogen) atoms. The molecule has 0 aromatic rings. The molecule has 2 unspecified atom stereocenters. The molecule has 0 aromatic heterocycles. The largest absolute Gasteiger partial charge is 0.464 e. The van der Waals surface area contributed by atoms with Crippen molar-refractivity contribution in [2.45, 2.75) is 37.9 Å². The van der Waals surface area contributed by atoms with Crippen LogP contribution in [0, 0.1) is 0 Å². The maximum atomic E-state index is 12.0. The van der Waals surface area contributed by atoms with Gasteiger partial charge in [0, 0.05) is 26.3 Å². The topological polar surface area (TPSA) is 105 Å². The summed E-state index contributed by atoms with van der Waals surface area (Å²) in [6.45, 7) is 1.54. The number of carbonyl (C=O) groups is 1. The van der Waals surface area contributed by atoms with Crippen LogP contribution in [0.4, 0.5) is 4.79 Å². The van der Waals surface area contributed by atoms with E-state index in [1.165, 1.54) is 0 Å². The highest BCUT2D eigenvalue weighted by Gasteiger charge is 2.32. The maximum absolute atomic E-state index is 12.0. The van der Waals surface area contributed by atoms with Crippen molar-refractivity contribution in [3.05, 3.63) is 0 Å². The first-order valence-corrected chi connectivity index (χ1v) is 8.15. The van der Waals surface area contributed by atoms with Crippen LogP contribution in [0.5, 0.6) is 0 Å². The molecule has 116 valence electrons. The number of hydrogen-bond acceptors (Lipinski definition) is 5. The van der Waals surface area contributed by atoms with Gasteiger partial charge in [-0.15, -0.1) is 0 Å². The quantitative estimate of drug-likeness (QED) is 0.724. The molecule has 0 aliphatic carbocycles. The van der Waals surface area contributed by atoms with E-state index < -0.39 is 16.3 Å². The third-order valence-electron chi connectivity index (χ3n) is 3.42. The van der Waals surface area contributed by atoms with Crippen molar-refractivity contribution in [2.24, 2.45) is 0 Å². The lowest BCUT2D eigenvalue weighted by molar-refractivity contribution is 0.0644. The molecule has 0 saturated carbocycles. The Bertz CT molecular complexity index is 410. The van der Waals surface area contributed by atoms with Crippen molar-refractivity contribution >= 4 is 16.3 Å². The molecule has 9 heteroatoms. The van der Waals surface area contributed by atoms with E-state index in [0.29, 0.717) is 13.2 Å². The Morgan fingerprint density at radius 3 is 2.00 bits per heavy atom. The number of nitrogens with zero attached hydrogens (tertiary/aromatic N) is 1. The highest BCUT2D eigenvalue weighted by atomic mass is 32.2. The zero-order valence-corrected chi connectivity index (χ0v) is 12.0. The van der Waals surface area contributed by atoms with E-state index in [1.807, 2.05) is 0 Å². The first-order valence-electron chi connectivity index (χ1n) is 6.71. The summed E-state index contributed by atoms with van der Waals surface area (Å²) in [6, 6.07) is 0. The van der Waals surface area contributed by atoms with Crippen LogP contribution in [0.1, 0.15) is 25.7 Å². The standard InChI is InChI=1S/C11H20N2O6S/c14-11(15)12-20(16,17)13(7-9-3-1-5-18-9)8-10-4-2-6-19-10/h9-10,12H,1-8H2,(H,14,15). The Morgan fingerprint density at radius 1 is 1.15 bits per heavy atom. The summed E-state index contributed by atoms with van der Waals surface area (Å²) in [5, 5.41) is 8.64. The molecule has 1 amide bonds. The van der Waals surface area contributed by atoms with Gasteiger partial charge in [-0.1, -0.05) is 0 Å². The van der Waals surface area contributed by atoms with Gasteiger partial charge in [0.1, 0.15) is 0 Å². The maximum Gasteiger partial charge on any atom is 0.419 e. The summed E-state index contributed by atoms with van der Waals surface area (Å²) < 4.78 is 37.6. The van der Waals surface area contributed by atoms with Crippen molar-refractivity contribution in [3.8, 4) is 0 Å². The normalized spacial score (nSPS) is 27.1. The van der Waals surface area contributed by atoms with E-state index in [2.05, 4.69) is 0 Å². The van der Waals surface area contributed by atoms with Crippen molar-refractivity contribution < 1.29 is 27.8 Å². The first kappa shape index (κ1) is 15.5. The molecule has 2 N–H and O–H groups in total. The summed E-state index contributed by atoms with van der Waals surface area (Å²) in [5.41, 5.74) is 0. The lowest BCUT2D eigenvalue weighted by Gasteiger charge is -2.26. The Balaban J connectivity index is 2.02. The third-order valence-corrected chi connectivity index (χ3v) is 4.83. The fourth-order valence-corrected chi connectivity index (χ4v) is 3.55. The van der Waals surface area contributed by atoms with E-state index in [4.69, 9.17) is 14.6 Å². The number of amides is 1. The van der Waals surface area contributed by atoms with Crippen molar-refractivity contribution in [1.82, 2.24) is 9.03 Å². The number of rotatable bonds is 6. The molecule has 2 aliphatic heterocycles. The SMILES string of the molecule is O=C(O)NS(=O)(=O)N(CC1CCCO1)CC1CCCO1.